The van der Waals surface area contributed by atoms with E-state index in [2.05, 4.69) is 6.58 Å². The molecule has 0 aromatic heterocycles. The Labute approximate surface area is 60.5 Å². The molecule has 56 valence electrons. The topological polar surface area (TPSA) is 53.2 Å². The minimum Gasteiger partial charge on any atom is -0.395 e. The molecule has 1 unspecified atom stereocenters. The van der Waals surface area contributed by atoms with Gasteiger partial charge in [-0.1, -0.05) is 6.08 Å². The monoisotopic (exact) mass is 141 g/mol. The highest BCUT2D eigenvalue weighted by atomic mass is 16.5. The van der Waals surface area contributed by atoms with E-state index in [1.165, 1.54) is 0 Å². The van der Waals surface area contributed by atoms with Crippen LogP contribution in [-0.4, -0.2) is 24.9 Å². The van der Waals surface area contributed by atoms with Gasteiger partial charge in [-0.25, -0.2) is 0 Å². The lowest BCUT2D eigenvalue weighted by atomic mass is 10.2. The van der Waals surface area contributed by atoms with E-state index in [9.17, 15) is 0 Å². The average molecular weight is 141 g/mol. The molecule has 0 aromatic carbocycles. The highest BCUT2D eigenvalue weighted by Crippen LogP contribution is 1.92. The van der Waals surface area contributed by atoms with Gasteiger partial charge in [0.2, 0.25) is 0 Å². The van der Waals surface area contributed by atoms with Gasteiger partial charge >= 0.3 is 0 Å². The molecule has 0 saturated carbocycles. The molecule has 1 N–H and O–H groups in total. The molecular formula is C7H11NO2. The molecule has 3 nitrogen and oxygen atoms in total. The average Bonchev–Trinajstić information content (AvgIpc) is 1.99. The number of rotatable bonds is 5. The first-order valence-corrected chi connectivity index (χ1v) is 3.04. The second-order valence-corrected chi connectivity index (χ2v) is 1.83. The highest BCUT2D eigenvalue weighted by Gasteiger charge is 2.03. The van der Waals surface area contributed by atoms with Crippen molar-refractivity contribution < 1.29 is 9.84 Å². The molecule has 0 fully saturated rings. The fourth-order valence-corrected chi connectivity index (χ4v) is 0.424. The van der Waals surface area contributed by atoms with Crippen LogP contribution in [0, 0.1) is 17.2 Å². The Kier molecular flexibility index (Phi) is 5.74. The Balaban J connectivity index is 3.28. The maximum Gasteiger partial charge on any atom is 0.0927 e. The lowest BCUT2D eigenvalue weighted by Gasteiger charge is -2.03. The van der Waals surface area contributed by atoms with E-state index in [1.54, 1.807) is 6.08 Å². The predicted octanol–water partition coefficient (Wildman–Crippen LogP) is 0.321. The quantitative estimate of drug-likeness (QED) is 0.443. The molecule has 0 rings (SSSR count). The van der Waals surface area contributed by atoms with E-state index in [4.69, 9.17) is 15.1 Å². The predicted molar refractivity (Wildman–Crippen MR) is 37.2 cm³/mol. The Hall–Kier alpha value is -0.850. The molecule has 0 aromatic rings. The zero-order chi connectivity index (χ0) is 7.82. The second-order valence-electron chi connectivity index (χ2n) is 1.83. The Morgan fingerprint density at radius 1 is 1.80 bits per heavy atom. The molecule has 0 aliphatic heterocycles. The molecular weight excluding hydrogens is 130 g/mol. The van der Waals surface area contributed by atoms with E-state index >= 15 is 0 Å². The summed E-state index contributed by atoms with van der Waals surface area (Å²) in [6, 6.07) is 1.90. The van der Waals surface area contributed by atoms with Crippen molar-refractivity contribution >= 4 is 0 Å². The third kappa shape index (κ3) is 4.07. The number of hydrogen-bond acceptors (Lipinski definition) is 3. The molecule has 0 aliphatic carbocycles. The van der Waals surface area contributed by atoms with Crippen LogP contribution in [0.1, 0.15) is 0 Å². The largest absolute Gasteiger partial charge is 0.395 e. The summed E-state index contributed by atoms with van der Waals surface area (Å²) in [6.07, 6.45) is 1.60. The molecule has 0 aliphatic rings. The van der Waals surface area contributed by atoms with Crippen LogP contribution in [0.5, 0.6) is 0 Å². The maximum atomic E-state index is 8.50. The van der Waals surface area contributed by atoms with Crippen LogP contribution >= 0.6 is 0 Å². The number of nitrogens with zero attached hydrogens (tertiary/aromatic N) is 1. The van der Waals surface area contributed by atoms with Gasteiger partial charge in [0.05, 0.1) is 31.8 Å². The Bertz CT molecular complexity index is 128. The molecule has 0 spiro atoms. The highest BCUT2D eigenvalue weighted by molar-refractivity contribution is 4.81. The van der Waals surface area contributed by atoms with Crippen LogP contribution in [0.3, 0.4) is 0 Å². The fourth-order valence-electron chi connectivity index (χ4n) is 0.424. The maximum absolute atomic E-state index is 8.50. The van der Waals surface area contributed by atoms with Crippen molar-refractivity contribution in [2.75, 3.05) is 19.8 Å². The second kappa shape index (κ2) is 6.27. The number of aliphatic hydroxyl groups is 1. The summed E-state index contributed by atoms with van der Waals surface area (Å²) in [5, 5.41) is 16.8. The summed E-state index contributed by atoms with van der Waals surface area (Å²) < 4.78 is 4.93. The van der Waals surface area contributed by atoms with Gasteiger partial charge in [-0.2, -0.15) is 5.26 Å². The summed E-state index contributed by atoms with van der Waals surface area (Å²) >= 11 is 0. The first kappa shape index (κ1) is 9.15. The van der Waals surface area contributed by atoms with Crippen molar-refractivity contribution in [2.24, 2.45) is 5.92 Å². The van der Waals surface area contributed by atoms with Crippen LogP contribution < -0.4 is 0 Å². The van der Waals surface area contributed by atoms with Gasteiger partial charge in [-0.05, 0) is 0 Å². The van der Waals surface area contributed by atoms with Crippen LogP contribution in [0.4, 0.5) is 0 Å². The van der Waals surface area contributed by atoms with E-state index in [0.29, 0.717) is 6.61 Å². The van der Waals surface area contributed by atoms with E-state index in [0.717, 1.165) is 0 Å². The molecule has 0 radical (unpaired) electrons. The van der Waals surface area contributed by atoms with Gasteiger partial charge in [0, 0.05) is 0 Å². The van der Waals surface area contributed by atoms with Crippen molar-refractivity contribution in [2.45, 2.75) is 0 Å². The van der Waals surface area contributed by atoms with Gasteiger partial charge < -0.3 is 9.84 Å². The van der Waals surface area contributed by atoms with Crippen LogP contribution in [0.2, 0.25) is 0 Å². The van der Waals surface area contributed by atoms with Gasteiger partial charge in [0.25, 0.3) is 0 Å². The Morgan fingerprint density at radius 2 is 2.50 bits per heavy atom. The summed E-state index contributed by atoms with van der Waals surface area (Å²) in [6.45, 7) is 4.00. The SMILES string of the molecule is C=CCOCC(C#N)CO. The minimum absolute atomic E-state index is 0.145. The van der Waals surface area contributed by atoms with Crippen molar-refractivity contribution in [3.05, 3.63) is 12.7 Å². The van der Waals surface area contributed by atoms with Gasteiger partial charge in [0.15, 0.2) is 0 Å². The summed E-state index contributed by atoms with van der Waals surface area (Å²) in [5.41, 5.74) is 0. The first-order chi connectivity index (χ1) is 4.85. The molecule has 0 amide bonds. The van der Waals surface area contributed by atoms with Crippen LogP contribution in [-0.2, 0) is 4.74 Å². The molecule has 10 heavy (non-hydrogen) atoms. The zero-order valence-corrected chi connectivity index (χ0v) is 5.79. The molecule has 0 saturated heterocycles. The van der Waals surface area contributed by atoms with E-state index in [1.807, 2.05) is 6.07 Å². The van der Waals surface area contributed by atoms with Crippen molar-refractivity contribution in [3.8, 4) is 6.07 Å². The Morgan fingerprint density at radius 3 is 2.90 bits per heavy atom. The normalized spacial score (nSPS) is 12.0. The molecule has 3 heteroatoms. The molecule has 0 heterocycles. The van der Waals surface area contributed by atoms with Crippen molar-refractivity contribution in [1.29, 1.82) is 5.26 Å². The van der Waals surface area contributed by atoms with Crippen LogP contribution in [0.25, 0.3) is 0 Å². The number of nitriles is 1. The number of ether oxygens (including phenoxy) is 1. The zero-order valence-electron chi connectivity index (χ0n) is 5.79. The molecule has 0 bridgehead atoms. The van der Waals surface area contributed by atoms with Crippen molar-refractivity contribution in [1.82, 2.24) is 0 Å². The number of aliphatic hydroxyl groups excluding tert-OH is 1. The molecule has 1 atom stereocenters. The summed E-state index contributed by atoms with van der Waals surface area (Å²) in [4.78, 5) is 0. The minimum atomic E-state index is -0.403. The summed E-state index contributed by atoms with van der Waals surface area (Å²) in [7, 11) is 0. The summed E-state index contributed by atoms with van der Waals surface area (Å²) in [5.74, 6) is -0.403. The van der Waals surface area contributed by atoms with Gasteiger partial charge in [-0.3, -0.25) is 0 Å². The van der Waals surface area contributed by atoms with Gasteiger partial charge in [-0.15, -0.1) is 6.58 Å². The third-order valence-electron chi connectivity index (χ3n) is 0.958. The first-order valence-electron chi connectivity index (χ1n) is 3.04. The third-order valence-corrected chi connectivity index (χ3v) is 0.958. The van der Waals surface area contributed by atoms with Gasteiger partial charge in [0.1, 0.15) is 0 Å². The van der Waals surface area contributed by atoms with E-state index in [-0.39, 0.29) is 13.2 Å². The number of hydrogen-bond donors (Lipinski definition) is 1. The lowest BCUT2D eigenvalue weighted by Crippen LogP contribution is -2.11. The fraction of sp³-hybridized carbons (Fsp3) is 0.571. The smallest absolute Gasteiger partial charge is 0.0927 e. The standard InChI is InChI=1S/C7H11NO2/c1-2-3-10-6-7(4-8)5-9/h2,7,9H,1,3,5-6H2. The lowest BCUT2D eigenvalue weighted by molar-refractivity contribution is 0.112. The van der Waals surface area contributed by atoms with E-state index < -0.39 is 5.92 Å². The van der Waals surface area contributed by atoms with Crippen molar-refractivity contribution in [3.63, 3.8) is 0 Å². The van der Waals surface area contributed by atoms with Crippen LogP contribution in [0.15, 0.2) is 12.7 Å².